The molecule has 16 atom stereocenters. The number of amides is 7. The fourth-order valence-corrected chi connectivity index (χ4v) is 10.2. The van der Waals surface area contributed by atoms with Crippen molar-refractivity contribution < 1.29 is 74.4 Å². The molecule has 0 aliphatic carbocycles. The second-order valence-corrected chi connectivity index (χ2v) is 21.3. The van der Waals surface area contributed by atoms with Gasteiger partial charge in [0.25, 0.3) is 0 Å². The van der Waals surface area contributed by atoms with Gasteiger partial charge in [-0.2, -0.15) is 0 Å². The van der Waals surface area contributed by atoms with Gasteiger partial charge in [0.15, 0.2) is 0 Å². The zero-order chi connectivity index (χ0) is 57.1. The number of carbonyl (C=O) groups is 7. The monoisotopic (exact) mass is 1090 g/mol. The van der Waals surface area contributed by atoms with Gasteiger partial charge in [0.2, 0.25) is 41.4 Å². The fourth-order valence-electron chi connectivity index (χ4n) is 10.2. The number of phenols is 1. The van der Waals surface area contributed by atoms with Crippen molar-refractivity contribution in [1.82, 2.24) is 41.7 Å². The van der Waals surface area contributed by atoms with Crippen LogP contribution in [0.25, 0.3) is 0 Å². The van der Waals surface area contributed by atoms with Crippen LogP contribution in [0, 0.1) is 11.8 Å². The van der Waals surface area contributed by atoms with E-state index in [0.29, 0.717) is 24.7 Å². The number of rotatable bonds is 23. The highest BCUT2D eigenvalue weighted by molar-refractivity contribution is 5.98. The van der Waals surface area contributed by atoms with Gasteiger partial charge in [0.05, 0.1) is 30.5 Å². The first-order chi connectivity index (χ1) is 36.5. The lowest BCUT2D eigenvalue weighted by atomic mass is 9.91. The lowest BCUT2D eigenvalue weighted by Crippen LogP contribution is -2.65. The molecule has 25 nitrogen and oxygen atoms in total. The predicted octanol–water partition coefficient (Wildman–Crippen LogP) is -3.31. The summed E-state index contributed by atoms with van der Waals surface area (Å²) in [7, 11) is 0. The first-order valence-corrected chi connectivity index (χ1v) is 27.3. The van der Waals surface area contributed by atoms with Gasteiger partial charge in [0.1, 0.15) is 60.4 Å². The average molecular weight is 1090 g/mol. The molecule has 3 aliphatic heterocycles. The van der Waals surface area contributed by atoms with Crippen LogP contribution in [0.4, 0.5) is 0 Å². The summed E-state index contributed by atoms with van der Waals surface area (Å²) < 4.78 is 0. The molecule has 1 aromatic rings. The third kappa shape index (κ3) is 18.8. The summed E-state index contributed by atoms with van der Waals surface area (Å²) in [6.45, 7) is 6.73. The van der Waals surface area contributed by atoms with Crippen LogP contribution in [-0.2, 0) is 33.6 Å². The van der Waals surface area contributed by atoms with E-state index in [0.717, 1.165) is 55.2 Å². The average Bonchev–Trinajstić information content (AvgIpc) is 3.99. The van der Waals surface area contributed by atoms with Crippen molar-refractivity contribution >= 4 is 41.4 Å². The van der Waals surface area contributed by atoms with E-state index in [2.05, 4.69) is 52.7 Å². The smallest absolute Gasteiger partial charge is 0.248 e. The fraction of sp³-hybridized carbons (Fsp3) is 0.750. The maximum atomic E-state index is 14.6. The topological polar surface area (TPSA) is 412 Å². The number of carbonyl (C=O) groups excluding carboxylic acids is 7. The highest BCUT2D eigenvalue weighted by atomic mass is 16.3. The van der Waals surface area contributed by atoms with Crippen LogP contribution in [0.1, 0.15) is 129 Å². The summed E-state index contributed by atoms with van der Waals surface area (Å²) in [5, 5.41) is 104. The highest BCUT2D eigenvalue weighted by Crippen LogP contribution is 2.27. The van der Waals surface area contributed by atoms with Crippen LogP contribution < -0.4 is 43.4 Å². The third-order valence-electron chi connectivity index (χ3n) is 14.9. The minimum atomic E-state index is -2.28. The molecule has 1 aromatic carbocycles. The Hall–Kier alpha value is -5.09. The van der Waals surface area contributed by atoms with E-state index in [1.54, 1.807) is 0 Å². The number of phenolic OH excluding ortho intramolecular Hbond substituents is 1. The minimum absolute atomic E-state index is 0.0257. The third-order valence-corrected chi connectivity index (χ3v) is 14.9. The molecule has 77 heavy (non-hydrogen) atoms. The van der Waals surface area contributed by atoms with E-state index >= 15 is 0 Å². The number of nitrogens with zero attached hydrogens (tertiary/aromatic N) is 2. The summed E-state index contributed by atoms with van der Waals surface area (Å²) >= 11 is 0. The van der Waals surface area contributed by atoms with Crippen molar-refractivity contribution in [3.05, 3.63) is 29.8 Å². The first kappa shape index (κ1) is 64.4. The number of aromatic hydroxyl groups is 1. The Balaban J connectivity index is 1.73. The molecule has 3 saturated heterocycles. The van der Waals surface area contributed by atoms with Gasteiger partial charge in [0, 0.05) is 45.4 Å². The normalized spacial score (nSPS) is 28.6. The maximum absolute atomic E-state index is 14.6. The molecule has 0 saturated carbocycles. The lowest BCUT2D eigenvalue weighted by Gasteiger charge is -2.35. The van der Waals surface area contributed by atoms with Crippen LogP contribution in [0.2, 0.25) is 0 Å². The number of hydrogen-bond donors (Lipinski definition) is 16. The molecule has 4 rings (SSSR count). The number of fused-ring (bicyclic) bond motifs is 2. The molecule has 25 heteroatoms. The summed E-state index contributed by atoms with van der Waals surface area (Å²) in [4.78, 5) is 102. The molecule has 7 amide bonds. The summed E-state index contributed by atoms with van der Waals surface area (Å²) in [5.74, 6) is -6.43. The van der Waals surface area contributed by atoms with Gasteiger partial charge >= 0.3 is 0 Å². The number of hydrogen-bond acceptors (Lipinski definition) is 18. The molecular weight excluding hydrogens is 1000 g/mol. The highest BCUT2D eigenvalue weighted by Gasteiger charge is 2.49. The predicted molar refractivity (Wildman–Crippen MR) is 280 cm³/mol. The molecular formula is C52H88N10O15. The number of nitrogens with two attached hydrogens (primary N) is 2. The van der Waals surface area contributed by atoms with E-state index in [9.17, 15) is 74.4 Å². The molecule has 3 aliphatic rings. The molecule has 0 aromatic heterocycles. The first-order valence-electron chi connectivity index (χ1n) is 27.3. The Bertz CT molecular complexity index is 2070. The van der Waals surface area contributed by atoms with Crippen LogP contribution in [0.5, 0.6) is 5.75 Å². The molecule has 0 spiro atoms. The van der Waals surface area contributed by atoms with E-state index in [1.165, 1.54) is 30.7 Å². The van der Waals surface area contributed by atoms with Crippen molar-refractivity contribution in [2.45, 2.75) is 203 Å². The van der Waals surface area contributed by atoms with Crippen LogP contribution >= 0.6 is 0 Å². The summed E-state index contributed by atoms with van der Waals surface area (Å²) in [6, 6.07) is -6.40. The minimum Gasteiger partial charge on any atom is -0.508 e. The number of benzene rings is 1. The van der Waals surface area contributed by atoms with Crippen molar-refractivity contribution in [3.8, 4) is 5.75 Å². The van der Waals surface area contributed by atoms with Crippen molar-refractivity contribution in [3.63, 3.8) is 0 Å². The SMILES string of the molecule is CCC(C)CC(C)CCCCCCCCC(=O)N[C@@H]1C[C@H](O)[C@H](NCCN)NC(=O)[C@@H]2[C@@H](O)CCN2C(=O)[C@H]([C@H](O)CCN)NC(=O)C([C@H](O)[C@@H](O)c2ccc(O)cc2)NC(=O)[C@@H]2C[C@@H](O)CN2C(=O)C([C@@H](C)O)NC1=O. The second kappa shape index (κ2) is 31.5. The molecule has 4 unspecified atom stereocenters. The molecule has 3 heterocycles. The van der Waals surface area contributed by atoms with Crippen LogP contribution in [-0.4, -0.2) is 204 Å². The molecule has 18 N–H and O–H groups in total. The van der Waals surface area contributed by atoms with Crippen LogP contribution in [0.3, 0.4) is 0 Å². The Labute approximate surface area is 450 Å². The maximum Gasteiger partial charge on any atom is 0.248 e. The van der Waals surface area contributed by atoms with Crippen LogP contribution in [0.15, 0.2) is 24.3 Å². The number of aliphatic hydroxyl groups is 7. The standard InChI is InChI=1S/C52H88N10O15/c1-5-28(2)24-29(3)12-10-8-6-7-9-11-13-39(69)56-34-26-38(68)46(55-22-21-54)60-50(75)43-37(67)19-23-61(43)52(77)41(36(66)18-20-53)58-49(74)42(45(71)44(70)31-14-16-32(64)17-15-31)59-48(73)35-25-33(65)27-62(35)51(76)40(30(4)63)57-47(34)72/h14-17,28-30,33-38,40-46,55,63-68,70-71H,5-13,18-27,53-54H2,1-4H3,(H,56,69)(H,57,72)(H,58,74)(H,59,73)(H,60,75)/t28?,29?,30-,33-,34-,35+,36-,37+,38+,40?,41+,42?,43+,44+,45+,46-/m1/s1. The van der Waals surface area contributed by atoms with E-state index in [-0.39, 0.29) is 56.8 Å². The molecule has 3 fully saturated rings. The Morgan fingerprint density at radius 1 is 0.714 bits per heavy atom. The zero-order valence-electron chi connectivity index (χ0n) is 45.0. The lowest BCUT2D eigenvalue weighted by molar-refractivity contribution is -0.148. The second-order valence-electron chi connectivity index (χ2n) is 21.3. The number of aliphatic hydroxyl groups excluding tert-OH is 7. The molecule has 0 bridgehead atoms. The van der Waals surface area contributed by atoms with E-state index in [4.69, 9.17) is 11.5 Å². The van der Waals surface area contributed by atoms with Crippen molar-refractivity contribution in [2.75, 3.05) is 32.7 Å². The van der Waals surface area contributed by atoms with Crippen molar-refractivity contribution in [1.29, 1.82) is 0 Å². The molecule has 0 radical (unpaired) electrons. The Morgan fingerprint density at radius 3 is 1.97 bits per heavy atom. The summed E-state index contributed by atoms with van der Waals surface area (Å²) in [6.07, 6.45) is -6.95. The quantitative estimate of drug-likeness (QED) is 0.0477. The Kier molecular flexibility index (Phi) is 26.4. The van der Waals surface area contributed by atoms with Gasteiger partial charge < -0.3 is 88.7 Å². The van der Waals surface area contributed by atoms with Gasteiger partial charge in [-0.25, -0.2) is 0 Å². The van der Waals surface area contributed by atoms with Gasteiger partial charge in [-0.1, -0.05) is 77.8 Å². The van der Waals surface area contributed by atoms with Gasteiger partial charge in [-0.15, -0.1) is 0 Å². The van der Waals surface area contributed by atoms with E-state index in [1.807, 2.05) is 0 Å². The molecule has 436 valence electrons. The Morgan fingerprint density at radius 2 is 1.34 bits per heavy atom. The van der Waals surface area contributed by atoms with Crippen molar-refractivity contribution in [2.24, 2.45) is 23.3 Å². The largest absolute Gasteiger partial charge is 0.508 e. The summed E-state index contributed by atoms with van der Waals surface area (Å²) in [5.41, 5.74) is 11.5. The zero-order valence-corrected chi connectivity index (χ0v) is 45.0. The number of nitrogens with one attached hydrogen (secondary N) is 6. The van der Waals surface area contributed by atoms with Gasteiger partial charge in [-0.3, -0.25) is 38.9 Å². The van der Waals surface area contributed by atoms with E-state index < -0.39 is 146 Å². The van der Waals surface area contributed by atoms with Gasteiger partial charge in [-0.05, 0) is 68.7 Å². The number of unbranched alkanes of at least 4 members (excludes halogenated alkanes) is 5.